The lowest BCUT2D eigenvalue weighted by molar-refractivity contribution is -0.130. The fraction of sp³-hybridized carbons (Fsp3) is 0.222. The minimum absolute atomic E-state index is 0.177. The minimum atomic E-state index is -3.44. The number of nitrogens with one attached hydrogen (secondary N) is 1. The van der Waals surface area contributed by atoms with Crippen molar-refractivity contribution in [3.8, 4) is 0 Å². The molecule has 0 radical (unpaired) electrons. The molecule has 3 rings (SSSR count). The highest BCUT2D eigenvalue weighted by Gasteiger charge is 2.33. The number of sulfonamides is 1. The summed E-state index contributed by atoms with van der Waals surface area (Å²) in [4.78, 5) is 12.3. The smallest absolute Gasteiger partial charge is 0.258 e. The third-order valence-electron chi connectivity index (χ3n) is 4.00. The maximum absolute atomic E-state index is 12.3. The second-order valence-electron chi connectivity index (χ2n) is 5.97. The monoisotopic (exact) mass is 391 g/mol. The van der Waals surface area contributed by atoms with E-state index in [0.717, 1.165) is 11.8 Å². The molecule has 1 unspecified atom stereocenters. The SMILES string of the molecule is CS(=O)(=O)Nc1ccccc1C1=NN(C(=O)CCl)C(c2ccccc2)C1. The Morgan fingerprint density at radius 1 is 1.19 bits per heavy atom. The van der Waals surface area contributed by atoms with E-state index >= 15 is 0 Å². The van der Waals surface area contributed by atoms with Crippen molar-refractivity contribution in [2.24, 2.45) is 5.10 Å². The van der Waals surface area contributed by atoms with Gasteiger partial charge >= 0.3 is 0 Å². The Morgan fingerprint density at radius 2 is 1.85 bits per heavy atom. The van der Waals surface area contributed by atoms with Crippen LogP contribution in [0.2, 0.25) is 0 Å². The third kappa shape index (κ3) is 4.05. The van der Waals surface area contributed by atoms with Gasteiger partial charge in [0.2, 0.25) is 10.0 Å². The van der Waals surface area contributed by atoms with Crippen LogP contribution in [-0.2, 0) is 14.8 Å². The van der Waals surface area contributed by atoms with E-state index < -0.39 is 10.0 Å². The van der Waals surface area contributed by atoms with E-state index in [2.05, 4.69) is 9.82 Å². The average Bonchev–Trinajstić information content (AvgIpc) is 3.06. The predicted molar refractivity (Wildman–Crippen MR) is 103 cm³/mol. The number of benzene rings is 2. The number of alkyl halides is 1. The number of hydrogen-bond acceptors (Lipinski definition) is 4. The Kier molecular flexibility index (Phi) is 5.29. The van der Waals surface area contributed by atoms with Gasteiger partial charge in [0.1, 0.15) is 5.88 Å². The Balaban J connectivity index is 2.00. The van der Waals surface area contributed by atoms with Gasteiger partial charge in [-0.15, -0.1) is 11.6 Å². The summed E-state index contributed by atoms with van der Waals surface area (Å²) in [6, 6.07) is 16.3. The number of halogens is 1. The van der Waals surface area contributed by atoms with Crippen molar-refractivity contribution in [1.82, 2.24) is 5.01 Å². The van der Waals surface area contributed by atoms with Crippen molar-refractivity contribution < 1.29 is 13.2 Å². The van der Waals surface area contributed by atoms with Crippen molar-refractivity contribution in [3.05, 3.63) is 65.7 Å². The van der Waals surface area contributed by atoms with Gasteiger partial charge in [0.05, 0.1) is 23.7 Å². The second kappa shape index (κ2) is 7.47. The summed E-state index contributed by atoms with van der Waals surface area (Å²) in [5, 5.41) is 5.84. The highest BCUT2D eigenvalue weighted by Crippen LogP contribution is 2.34. The molecule has 26 heavy (non-hydrogen) atoms. The number of carbonyl (C=O) groups excluding carboxylic acids is 1. The van der Waals surface area contributed by atoms with Crippen molar-refractivity contribution in [2.75, 3.05) is 16.9 Å². The zero-order valence-corrected chi connectivity index (χ0v) is 15.7. The molecule has 1 aliphatic heterocycles. The fourth-order valence-corrected chi connectivity index (χ4v) is 3.62. The average molecular weight is 392 g/mol. The molecule has 2 aromatic carbocycles. The standard InChI is InChI=1S/C18H18ClN3O3S/c1-26(24,25)21-15-10-6-5-9-14(15)16-11-17(13-7-3-2-4-8-13)22(20-16)18(23)12-19/h2-10,17,21H,11-12H2,1H3. The van der Waals surface area contributed by atoms with Gasteiger partial charge in [-0.2, -0.15) is 5.10 Å². The molecule has 1 heterocycles. The number of anilines is 1. The molecule has 1 atom stereocenters. The van der Waals surface area contributed by atoms with Crippen LogP contribution in [0.3, 0.4) is 0 Å². The first-order valence-corrected chi connectivity index (χ1v) is 10.4. The molecule has 136 valence electrons. The minimum Gasteiger partial charge on any atom is -0.283 e. The van der Waals surface area contributed by atoms with E-state index in [-0.39, 0.29) is 17.8 Å². The number of carbonyl (C=O) groups is 1. The van der Waals surface area contributed by atoms with Crippen LogP contribution >= 0.6 is 11.6 Å². The summed E-state index contributed by atoms with van der Waals surface area (Å²) in [7, 11) is -3.44. The van der Waals surface area contributed by atoms with E-state index in [9.17, 15) is 13.2 Å². The maximum atomic E-state index is 12.3. The molecule has 6 nitrogen and oxygen atoms in total. The number of para-hydroxylation sites is 1. The van der Waals surface area contributed by atoms with Crippen molar-refractivity contribution in [2.45, 2.75) is 12.5 Å². The van der Waals surface area contributed by atoms with E-state index in [1.165, 1.54) is 5.01 Å². The second-order valence-corrected chi connectivity index (χ2v) is 7.98. The molecule has 8 heteroatoms. The lowest BCUT2D eigenvalue weighted by Crippen LogP contribution is -2.27. The van der Waals surface area contributed by atoms with Gasteiger partial charge in [-0.05, 0) is 11.6 Å². The highest BCUT2D eigenvalue weighted by atomic mass is 35.5. The van der Waals surface area contributed by atoms with Crippen LogP contribution in [0.4, 0.5) is 5.69 Å². The zero-order valence-electron chi connectivity index (χ0n) is 14.1. The zero-order chi connectivity index (χ0) is 18.7. The molecule has 0 aliphatic carbocycles. The van der Waals surface area contributed by atoms with Gasteiger partial charge < -0.3 is 0 Å². The van der Waals surface area contributed by atoms with Crippen molar-refractivity contribution in [1.29, 1.82) is 0 Å². The molecule has 1 amide bonds. The third-order valence-corrected chi connectivity index (χ3v) is 4.82. The van der Waals surface area contributed by atoms with Crippen LogP contribution in [0, 0.1) is 0 Å². The number of hydrazone groups is 1. The molecule has 0 fully saturated rings. The van der Waals surface area contributed by atoms with Gasteiger partial charge in [-0.1, -0.05) is 48.5 Å². The predicted octanol–water partition coefficient (Wildman–Crippen LogP) is 2.97. The number of hydrogen-bond donors (Lipinski definition) is 1. The number of nitrogens with zero attached hydrogens (tertiary/aromatic N) is 2. The molecule has 1 N–H and O–H groups in total. The van der Waals surface area contributed by atoms with Gasteiger partial charge in [0.15, 0.2) is 0 Å². The Hall–Kier alpha value is -2.38. The van der Waals surface area contributed by atoms with Crippen molar-refractivity contribution in [3.63, 3.8) is 0 Å². The molecule has 0 spiro atoms. The first-order chi connectivity index (χ1) is 12.4. The normalized spacial score (nSPS) is 17.1. The molecule has 0 saturated heterocycles. The quantitative estimate of drug-likeness (QED) is 0.796. The first kappa shape index (κ1) is 18.4. The summed E-state index contributed by atoms with van der Waals surface area (Å²) in [5.74, 6) is -0.479. The Labute approximate surface area is 157 Å². The maximum Gasteiger partial charge on any atom is 0.258 e. The van der Waals surface area contributed by atoms with Gasteiger partial charge in [-0.25, -0.2) is 13.4 Å². The lowest BCUT2D eigenvalue weighted by atomic mass is 9.98. The van der Waals surface area contributed by atoms with Crippen LogP contribution in [0.15, 0.2) is 59.7 Å². The highest BCUT2D eigenvalue weighted by molar-refractivity contribution is 7.92. The molecule has 2 aromatic rings. The molecule has 0 aromatic heterocycles. The van der Waals surface area contributed by atoms with E-state index in [4.69, 9.17) is 11.6 Å². The van der Waals surface area contributed by atoms with Gasteiger partial charge in [0.25, 0.3) is 5.91 Å². The molecular formula is C18H18ClN3O3S. The van der Waals surface area contributed by atoms with E-state index in [1.54, 1.807) is 24.3 Å². The summed E-state index contributed by atoms with van der Waals surface area (Å²) >= 11 is 5.74. The molecule has 1 aliphatic rings. The van der Waals surface area contributed by atoms with Crippen LogP contribution in [0.1, 0.15) is 23.6 Å². The summed E-state index contributed by atoms with van der Waals surface area (Å²) < 4.78 is 25.8. The largest absolute Gasteiger partial charge is 0.283 e. The summed E-state index contributed by atoms with van der Waals surface area (Å²) in [6.45, 7) is 0. The number of amides is 1. The molecule has 0 bridgehead atoms. The fourth-order valence-electron chi connectivity index (χ4n) is 2.92. The first-order valence-electron chi connectivity index (χ1n) is 7.96. The molecule has 0 saturated carbocycles. The Bertz CT molecular complexity index is 945. The van der Waals surface area contributed by atoms with Crippen LogP contribution in [0.5, 0.6) is 0 Å². The van der Waals surface area contributed by atoms with Crippen LogP contribution in [-0.4, -0.2) is 37.2 Å². The summed E-state index contributed by atoms with van der Waals surface area (Å²) in [5.41, 5.74) is 2.65. The van der Waals surface area contributed by atoms with E-state index in [0.29, 0.717) is 23.4 Å². The summed E-state index contributed by atoms with van der Waals surface area (Å²) in [6.07, 6.45) is 1.56. The van der Waals surface area contributed by atoms with Gasteiger partial charge in [-0.3, -0.25) is 9.52 Å². The van der Waals surface area contributed by atoms with Crippen LogP contribution in [0.25, 0.3) is 0 Å². The number of rotatable bonds is 5. The topological polar surface area (TPSA) is 78.8 Å². The van der Waals surface area contributed by atoms with Crippen molar-refractivity contribution >= 4 is 38.9 Å². The lowest BCUT2D eigenvalue weighted by Gasteiger charge is -2.21. The Morgan fingerprint density at radius 3 is 2.50 bits per heavy atom. The van der Waals surface area contributed by atoms with Crippen LogP contribution < -0.4 is 4.72 Å². The molecular weight excluding hydrogens is 374 g/mol. The van der Waals surface area contributed by atoms with Gasteiger partial charge in [0, 0.05) is 12.0 Å². The van der Waals surface area contributed by atoms with E-state index in [1.807, 2.05) is 30.3 Å².